The molecule has 1 aliphatic rings. The van der Waals surface area contributed by atoms with Gasteiger partial charge in [-0.3, -0.25) is 0 Å². The fraction of sp³-hybridized carbons (Fsp3) is 0.700. The van der Waals surface area contributed by atoms with Crippen molar-refractivity contribution in [3.8, 4) is 0 Å². The molecule has 0 aliphatic carbocycles. The number of hydrogen-bond acceptors (Lipinski definition) is 2. The molecule has 0 spiro atoms. The number of ether oxygens (including phenoxy) is 1. The Morgan fingerprint density at radius 3 is 2.26 bits per heavy atom. The molecule has 0 N–H and O–H groups in total. The molecule has 1 fully saturated rings. The molecular weight excluding hydrogens is 442 g/mol. The average molecular weight is 492 g/mol. The van der Waals surface area contributed by atoms with Crippen molar-refractivity contribution in [3.63, 3.8) is 0 Å². The first-order valence-electron chi connectivity index (χ1n) is 13.7. The number of benzene rings is 1. The van der Waals surface area contributed by atoms with Crippen LogP contribution in [0.1, 0.15) is 101 Å². The summed E-state index contributed by atoms with van der Waals surface area (Å²) in [5.74, 6) is 0.000257. The van der Waals surface area contributed by atoms with Gasteiger partial charge in [0.2, 0.25) is 0 Å². The van der Waals surface area contributed by atoms with E-state index in [1.807, 2.05) is 0 Å². The molecule has 1 aliphatic heterocycles. The van der Waals surface area contributed by atoms with Gasteiger partial charge in [-0.2, -0.15) is 0 Å². The lowest BCUT2D eigenvalue weighted by Gasteiger charge is -2.40. The molecule has 0 bridgehead atoms. The van der Waals surface area contributed by atoms with Gasteiger partial charge in [0.05, 0.1) is 26.2 Å². The standard InChI is InChI=1S/C30H50NO2.ClH/c1-5-6-7-8-9-10-11-15-22-33-30(32)25-31(19-13-12-14-20-31)21-18-27(3)24-29-17-16-26(2)23-28(29)4;/h16-18,23H,5-15,19-22,24-25H2,1-4H3;1H/q+1;/p-1/b27-18+;. The molecule has 1 heterocycles. The third kappa shape index (κ3) is 11.9. The molecule has 1 saturated heterocycles. The van der Waals surface area contributed by atoms with Crippen molar-refractivity contribution in [1.82, 2.24) is 0 Å². The molecular formula is C30H50ClNO2. The summed E-state index contributed by atoms with van der Waals surface area (Å²) in [5, 5.41) is 0. The minimum atomic E-state index is 0. The van der Waals surface area contributed by atoms with Crippen molar-refractivity contribution in [2.45, 2.75) is 105 Å². The zero-order valence-corrected chi connectivity index (χ0v) is 23.2. The van der Waals surface area contributed by atoms with E-state index in [0.717, 1.165) is 37.0 Å². The van der Waals surface area contributed by atoms with E-state index in [2.05, 4.69) is 52.0 Å². The molecule has 2 rings (SSSR count). The second-order valence-corrected chi connectivity index (χ2v) is 10.5. The summed E-state index contributed by atoms with van der Waals surface area (Å²) in [7, 11) is 0. The normalized spacial score (nSPS) is 15.6. The fourth-order valence-corrected chi connectivity index (χ4v) is 5.10. The molecule has 4 heteroatoms. The van der Waals surface area contributed by atoms with Gasteiger partial charge in [-0.05, 0) is 70.1 Å². The lowest BCUT2D eigenvalue weighted by molar-refractivity contribution is -0.920. The first kappa shape index (κ1) is 30.7. The van der Waals surface area contributed by atoms with Crippen molar-refractivity contribution in [1.29, 1.82) is 0 Å². The van der Waals surface area contributed by atoms with E-state index in [0.29, 0.717) is 13.2 Å². The minimum absolute atomic E-state index is 0. The number of hydrogen-bond donors (Lipinski definition) is 0. The second-order valence-electron chi connectivity index (χ2n) is 10.5. The van der Waals surface area contributed by atoms with Crippen LogP contribution in [0.15, 0.2) is 29.8 Å². The summed E-state index contributed by atoms with van der Waals surface area (Å²) in [6.07, 6.45) is 17.3. The number of halogens is 1. The van der Waals surface area contributed by atoms with Crippen molar-refractivity contribution < 1.29 is 26.4 Å². The van der Waals surface area contributed by atoms with Crippen LogP contribution in [-0.2, 0) is 16.0 Å². The third-order valence-corrected chi connectivity index (χ3v) is 7.28. The second kappa shape index (κ2) is 17.2. The Balaban J connectivity index is 0.00000578. The van der Waals surface area contributed by atoms with Crippen LogP contribution in [0, 0.1) is 13.8 Å². The highest BCUT2D eigenvalue weighted by molar-refractivity contribution is 5.70. The maximum Gasteiger partial charge on any atom is 0.361 e. The van der Waals surface area contributed by atoms with Crippen LogP contribution in [0.2, 0.25) is 0 Å². The number of esters is 1. The van der Waals surface area contributed by atoms with Crippen molar-refractivity contribution in [3.05, 3.63) is 46.5 Å². The molecule has 0 aromatic heterocycles. The van der Waals surface area contributed by atoms with Gasteiger partial charge in [0, 0.05) is 0 Å². The van der Waals surface area contributed by atoms with Gasteiger partial charge in [-0.25, -0.2) is 4.79 Å². The topological polar surface area (TPSA) is 26.3 Å². The van der Waals surface area contributed by atoms with Crippen molar-refractivity contribution in [2.24, 2.45) is 0 Å². The Kier molecular flexibility index (Phi) is 15.5. The van der Waals surface area contributed by atoms with Gasteiger partial charge in [-0.1, -0.05) is 81.2 Å². The average Bonchev–Trinajstić information content (AvgIpc) is 2.79. The van der Waals surface area contributed by atoms with Gasteiger partial charge in [0.25, 0.3) is 0 Å². The fourth-order valence-electron chi connectivity index (χ4n) is 5.10. The number of likely N-dealkylation sites (tertiary alicyclic amines) is 1. The summed E-state index contributed by atoms with van der Waals surface area (Å²) in [5.41, 5.74) is 5.50. The number of allylic oxidation sites excluding steroid dienone is 1. The Labute approximate surface area is 216 Å². The number of nitrogens with zero attached hydrogens (tertiary/aromatic N) is 1. The van der Waals surface area contributed by atoms with Gasteiger partial charge in [0.15, 0.2) is 6.54 Å². The highest BCUT2D eigenvalue weighted by Crippen LogP contribution is 2.21. The molecule has 0 atom stereocenters. The SMILES string of the molecule is CCCCCCCCCCOC(=O)C[N+]1(C/C=C(\C)Cc2ccc(C)cc2C)CCCCC1.[Cl-]. The number of carbonyl (C=O) groups is 1. The summed E-state index contributed by atoms with van der Waals surface area (Å²) in [6.45, 7) is 13.1. The molecule has 1 aromatic carbocycles. The van der Waals surface area contributed by atoms with Crippen molar-refractivity contribution in [2.75, 3.05) is 32.8 Å². The monoisotopic (exact) mass is 491 g/mol. The van der Waals surface area contributed by atoms with Gasteiger partial charge in [-0.15, -0.1) is 0 Å². The van der Waals surface area contributed by atoms with Crippen LogP contribution < -0.4 is 12.4 Å². The highest BCUT2D eigenvalue weighted by atomic mass is 35.5. The van der Waals surface area contributed by atoms with Crippen LogP contribution >= 0.6 is 0 Å². The summed E-state index contributed by atoms with van der Waals surface area (Å²) in [6, 6.07) is 6.73. The highest BCUT2D eigenvalue weighted by Gasteiger charge is 2.32. The summed E-state index contributed by atoms with van der Waals surface area (Å²) < 4.78 is 6.54. The Morgan fingerprint density at radius 2 is 1.62 bits per heavy atom. The molecule has 3 nitrogen and oxygen atoms in total. The molecule has 194 valence electrons. The zero-order chi connectivity index (χ0) is 23.9. The van der Waals surface area contributed by atoms with Gasteiger partial charge < -0.3 is 21.6 Å². The summed E-state index contributed by atoms with van der Waals surface area (Å²) >= 11 is 0. The molecule has 34 heavy (non-hydrogen) atoms. The lowest BCUT2D eigenvalue weighted by atomic mass is 9.99. The van der Waals surface area contributed by atoms with E-state index < -0.39 is 0 Å². The molecule has 1 aromatic rings. The maximum atomic E-state index is 12.7. The largest absolute Gasteiger partial charge is 1.00 e. The third-order valence-electron chi connectivity index (χ3n) is 7.28. The smallest absolute Gasteiger partial charge is 0.361 e. The number of rotatable bonds is 15. The van der Waals surface area contributed by atoms with E-state index in [1.54, 1.807) is 0 Å². The van der Waals surface area contributed by atoms with E-state index in [9.17, 15) is 4.79 Å². The van der Waals surface area contributed by atoms with Crippen LogP contribution in [0.25, 0.3) is 0 Å². The van der Waals surface area contributed by atoms with Crippen molar-refractivity contribution >= 4 is 5.97 Å². The van der Waals surface area contributed by atoms with E-state index >= 15 is 0 Å². The number of carbonyl (C=O) groups excluding carboxylic acids is 1. The van der Waals surface area contributed by atoms with Gasteiger partial charge >= 0.3 is 5.97 Å². The number of quaternary nitrogens is 1. The molecule has 0 saturated carbocycles. The van der Waals surface area contributed by atoms with Crippen LogP contribution in [0.5, 0.6) is 0 Å². The summed E-state index contributed by atoms with van der Waals surface area (Å²) in [4.78, 5) is 12.7. The zero-order valence-electron chi connectivity index (χ0n) is 22.5. The molecule has 0 radical (unpaired) electrons. The van der Waals surface area contributed by atoms with E-state index in [4.69, 9.17) is 4.74 Å². The van der Waals surface area contributed by atoms with E-state index in [-0.39, 0.29) is 18.4 Å². The number of aryl methyl sites for hydroxylation is 2. The van der Waals surface area contributed by atoms with Gasteiger partial charge in [0.1, 0.15) is 0 Å². The first-order chi connectivity index (χ1) is 15.9. The van der Waals surface area contributed by atoms with Crippen LogP contribution in [-0.4, -0.2) is 43.2 Å². The Bertz CT molecular complexity index is 737. The number of piperidine rings is 1. The van der Waals surface area contributed by atoms with Crippen LogP contribution in [0.3, 0.4) is 0 Å². The quantitative estimate of drug-likeness (QED) is 0.156. The predicted octanol–water partition coefficient (Wildman–Crippen LogP) is 4.48. The van der Waals surface area contributed by atoms with E-state index in [1.165, 1.54) is 86.5 Å². The van der Waals surface area contributed by atoms with Crippen LogP contribution in [0.4, 0.5) is 0 Å². The Hall–Kier alpha value is -1.32. The predicted molar refractivity (Wildman–Crippen MR) is 141 cm³/mol. The molecule has 0 unspecified atom stereocenters. The molecule has 0 amide bonds. The minimum Gasteiger partial charge on any atom is -1.00 e. The first-order valence-corrected chi connectivity index (χ1v) is 13.7. The number of unbranched alkanes of at least 4 members (excludes halogenated alkanes) is 7. The Morgan fingerprint density at radius 1 is 0.971 bits per heavy atom. The lowest BCUT2D eigenvalue weighted by Crippen LogP contribution is -3.00. The maximum absolute atomic E-state index is 12.7.